The fraction of sp³-hybridized carbons (Fsp3) is 0.700. The van der Waals surface area contributed by atoms with Crippen LogP contribution in [0.25, 0.3) is 0 Å². The molecule has 1 heterocycles. The van der Waals surface area contributed by atoms with E-state index < -0.39 is 0 Å². The lowest BCUT2D eigenvalue weighted by molar-refractivity contribution is 0.0429. The van der Waals surface area contributed by atoms with Crippen molar-refractivity contribution in [2.24, 2.45) is 13.0 Å². The van der Waals surface area contributed by atoms with Gasteiger partial charge in [0.25, 0.3) is 0 Å². The average molecular weight is 195 g/mol. The third-order valence-electron chi connectivity index (χ3n) is 2.72. The van der Waals surface area contributed by atoms with Gasteiger partial charge in [-0.3, -0.25) is 4.68 Å². The van der Waals surface area contributed by atoms with Crippen LogP contribution in [0.4, 0.5) is 0 Å². The maximum atomic E-state index is 9.09. The fourth-order valence-electron chi connectivity index (χ4n) is 1.83. The summed E-state index contributed by atoms with van der Waals surface area (Å²) in [6.07, 6.45) is 3.81. The first-order valence-electron chi connectivity index (χ1n) is 5.11. The largest absolute Gasteiger partial charge is 0.393 e. The Morgan fingerprint density at radius 1 is 1.64 bits per heavy atom. The maximum Gasteiger partial charge on any atom is 0.0762 e. The molecule has 0 bridgehead atoms. The van der Waals surface area contributed by atoms with Crippen molar-refractivity contribution in [3.63, 3.8) is 0 Å². The smallest absolute Gasteiger partial charge is 0.0762 e. The van der Waals surface area contributed by atoms with E-state index in [-0.39, 0.29) is 6.10 Å². The highest BCUT2D eigenvalue weighted by Gasteiger charge is 2.26. The highest BCUT2D eigenvalue weighted by atomic mass is 16.3. The van der Waals surface area contributed by atoms with E-state index >= 15 is 0 Å². The zero-order valence-electron chi connectivity index (χ0n) is 8.48. The first-order chi connectivity index (χ1) is 6.74. The van der Waals surface area contributed by atoms with Gasteiger partial charge in [-0.2, -0.15) is 5.10 Å². The van der Waals surface area contributed by atoms with Crippen LogP contribution >= 0.6 is 0 Å². The van der Waals surface area contributed by atoms with Gasteiger partial charge in [0.2, 0.25) is 0 Å². The topological polar surface area (TPSA) is 50.1 Å². The minimum atomic E-state index is -0.0448. The van der Waals surface area contributed by atoms with Crippen LogP contribution in [0.15, 0.2) is 12.3 Å². The number of nitrogens with one attached hydrogen (secondary N) is 1. The van der Waals surface area contributed by atoms with Gasteiger partial charge in [0.1, 0.15) is 0 Å². The van der Waals surface area contributed by atoms with Crippen LogP contribution < -0.4 is 5.32 Å². The van der Waals surface area contributed by atoms with Crippen LogP contribution in [0, 0.1) is 5.92 Å². The Morgan fingerprint density at radius 3 is 3.00 bits per heavy atom. The molecule has 0 amide bonds. The summed E-state index contributed by atoms with van der Waals surface area (Å²) in [5, 5.41) is 16.7. The zero-order chi connectivity index (χ0) is 9.97. The third kappa shape index (κ3) is 2.33. The SMILES string of the molecule is Cn1ccc(CNCC2CC(O)C2)n1. The Kier molecular flexibility index (Phi) is 2.84. The van der Waals surface area contributed by atoms with Crippen molar-refractivity contribution < 1.29 is 5.11 Å². The van der Waals surface area contributed by atoms with Gasteiger partial charge in [-0.05, 0) is 31.4 Å². The Bertz CT molecular complexity index is 291. The molecular weight excluding hydrogens is 178 g/mol. The van der Waals surface area contributed by atoms with E-state index in [0.717, 1.165) is 31.6 Å². The summed E-state index contributed by atoms with van der Waals surface area (Å²) >= 11 is 0. The summed E-state index contributed by atoms with van der Waals surface area (Å²) in [6.45, 7) is 1.82. The molecule has 1 saturated carbocycles. The maximum absolute atomic E-state index is 9.09. The molecule has 0 spiro atoms. The molecule has 0 atom stereocenters. The molecule has 1 fully saturated rings. The van der Waals surface area contributed by atoms with Crippen molar-refractivity contribution >= 4 is 0 Å². The van der Waals surface area contributed by atoms with Gasteiger partial charge in [0, 0.05) is 19.8 Å². The molecule has 1 aliphatic carbocycles. The third-order valence-corrected chi connectivity index (χ3v) is 2.72. The van der Waals surface area contributed by atoms with E-state index in [1.807, 2.05) is 24.0 Å². The highest BCUT2D eigenvalue weighted by molar-refractivity contribution is 4.98. The average Bonchev–Trinajstić information content (AvgIpc) is 2.48. The molecule has 0 unspecified atom stereocenters. The van der Waals surface area contributed by atoms with Gasteiger partial charge in [-0.25, -0.2) is 0 Å². The number of aliphatic hydroxyl groups is 1. The van der Waals surface area contributed by atoms with Gasteiger partial charge in [-0.1, -0.05) is 0 Å². The van der Waals surface area contributed by atoms with Crippen molar-refractivity contribution in [1.82, 2.24) is 15.1 Å². The van der Waals surface area contributed by atoms with Crippen molar-refractivity contribution in [1.29, 1.82) is 0 Å². The van der Waals surface area contributed by atoms with Gasteiger partial charge in [0.15, 0.2) is 0 Å². The molecule has 2 N–H and O–H groups in total. The minimum absolute atomic E-state index is 0.0448. The van der Waals surface area contributed by atoms with Crippen molar-refractivity contribution in [3.8, 4) is 0 Å². The summed E-state index contributed by atoms with van der Waals surface area (Å²) in [7, 11) is 1.92. The Hall–Kier alpha value is -0.870. The number of hydrogen-bond acceptors (Lipinski definition) is 3. The lowest BCUT2D eigenvalue weighted by Crippen LogP contribution is -2.35. The minimum Gasteiger partial charge on any atom is -0.393 e. The fourth-order valence-corrected chi connectivity index (χ4v) is 1.83. The highest BCUT2D eigenvalue weighted by Crippen LogP contribution is 2.26. The van der Waals surface area contributed by atoms with Gasteiger partial charge in [-0.15, -0.1) is 0 Å². The Balaban J connectivity index is 1.63. The molecule has 4 heteroatoms. The number of aliphatic hydroxyl groups excluding tert-OH is 1. The monoisotopic (exact) mass is 195 g/mol. The second-order valence-electron chi connectivity index (χ2n) is 4.10. The van der Waals surface area contributed by atoms with E-state index in [4.69, 9.17) is 5.11 Å². The molecule has 0 aliphatic heterocycles. The number of aromatic nitrogens is 2. The molecule has 0 radical (unpaired) electrons. The molecule has 0 aromatic carbocycles. The first-order valence-corrected chi connectivity index (χ1v) is 5.11. The van der Waals surface area contributed by atoms with Crippen LogP contribution in [0.1, 0.15) is 18.5 Å². The van der Waals surface area contributed by atoms with Gasteiger partial charge < -0.3 is 10.4 Å². The van der Waals surface area contributed by atoms with Gasteiger partial charge >= 0.3 is 0 Å². The number of hydrogen-bond donors (Lipinski definition) is 2. The van der Waals surface area contributed by atoms with Crippen LogP contribution in [0.2, 0.25) is 0 Å². The normalized spacial score (nSPS) is 26.1. The van der Waals surface area contributed by atoms with Gasteiger partial charge in [0.05, 0.1) is 11.8 Å². The lowest BCUT2D eigenvalue weighted by atomic mass is 9.82. The standard InChI is InChI=1S/C10H17N3O/c1-13-3-2-9(12-13)7-11-6-8-4-10(14)5-8/h2-3,8,10-11,14H,4-7H2,1H3. The van der Waals surface area contributed by atoms with Crippen LogP contribution in [0.3, 0.4) is 0 Å². The van der Waals surface area contributed by atoms with Crippen molar-refractivity contribution in [2.45, 2.75) is 25.5 Å². The molecule has 1 aromatic rings. The molecular formula is C10H17N3O. The van der Waals surface area contributed by atoms with E-state index in [0.29, 0.717) is 5.92 Å². The Morgan fingerprint density at radius 2 is 2.43 bits per heavy atom. The quantitative estimate of drug-likeness (QED) is 0.725. The second-order valence-corrected chi connectivity index (χ2v) is 4.10. The summed E-state index contributed by atoms with van der Waals surface area (Å²) in [4.78, 5) is 0. The van der Waals surface area contributed by atoms with E-state index in [2.05, 4.69) is 10.4 Å². The van der Waals surface area contributed by atoms with Crippen LogP contribution in [0.5, 0.6) is 0 Å². The summed E-state index contributed by atoms with van der Waals surface area (Å²) in [6, 6.07) is 2.02. The number of aryl methyl sites for hydroxylation is 1. The lowest BCUT2D eigenvalue weighted by Gasteiger charge is -2.31. The summed E-state index contributed by atoms with van der Waals surface area (Å²) in [5.74, 6) is 0.661. The molecule has 4 nitrogen and oxygen atoms in total. The van der Waals surface area contributed by atoms with Crippen LogP contribution in [-0.4, -0.2) is 27.5 Å². The molecule has 14 heavy (non-hydrogen) atoms. The van der Waals surface area contributed by atoms with E-state index in [1.165, 1.54) is 0 Å². The molecule has 0 saturated heterocycles. The predicted octanol–water partition coefficient (Wildman–Crippen LogP) is 0.281. The Labute approximate surface area is 83.9 Å². The summed E-state index contributed by atoms with van der Waals surface area (Å²) in [5.41, 5.74) is 1.08. The van der Waals surface area contributed by atoms with Crippen molar-refractivity contribution in [2.75, 3.05) is 6.54 Å². The zero-order valence-corrected chi connectivity index (χ0v) is 8.48. The molecule has 2 rings (SSSR count). The second kappa shape index (κ2) is 4.11. The molecule has 1 aromatic heterocycles. The van der Waals surface area contributed by atoms with Crippen LogP contribution in [-0.2, 0) is 13.6 Å². The molecule has 78 valence electrons. The van der Waals surface area contributed by atoms with Crippen molar-refractivity contribution in [3.05, 3.63) is 18.0 Å². The summed E-state index contributed by atoms with van der Waals surface area (Å²) < 4.78 is 1.81. The molecule has 1 aliphatic rings. The first kappa shape index (κ1) is 9.68. The predicted molar refractivity (Wildman–Crippen MR) is 53.6 cm³/mol. The van der Waals surface area contributed by atoms with E-state index in [9.17, 15) is 0 Å². The van der Waals surface area contributed by atoms with E-state index in [1.54, 1.807) is 0 Å². The number of rotatable bonds is 4. The number of nitrogens with zero attached hydrogens (tertiary/aromatic N) is 2.